The van der Waals surface area contributed by atoms with E-state index in [4.69, 9.17) is 10.8 Å². The maximum atomic E-state index is 11.9. The first-order chi connectivity index (χ1) is 10.0. The Hall–Kier alpha value is -1.78. The molecule has 5 N–H and O–H groups in total. The van der Waals surface area contributed by atoms with Crippen LogP contribution in [0.2, 0.25) is 0 Å². The Morgan fingerprint density at radius 2 is 1.95 bits per heavy atom. The number of imidazole rings is 1. The molecule has 1 heterocycles. The van der Waals surface area contributed by atoms with E-state index in [9.17, 15) is 18.9 Å². The number of aromatic nitrogens is 2. The summed E-state index contributed by atoms with van der Waals surface area (Å²) in [5.41, 5.74) is 5.85. The van der Waals surface area contributed by atoms with E-state index in [0.717, 1.165) is 0 Å². The number of nitrogens with zero attached hydrogens (tertiary/aromatic N) is 2. The van der Waals surface area contributed by atoms with Gasteiger partial charge in [0.1, 0.15) is 6.04 Å². The zero-order chi connectivity index (χ0) is 17.1. The third-order valence-electron chi connectivity index (χ3n) is 3.10. The fourth-order valence-corrected chi connectivity index (χ4v) is 2.81. The number of nitrogens with two attached hydrogens (primary N) is 1. The van der Waals surface area contributed by atoms with Gasteiger partial charge in [-0.15, -0.1) is 0 Å². The fraction of sp³-hybridized carbons (Fsp3) is 0.583. The predicted octanol–water partition coefficient (Wildman–Crippen LogP) is -1.37. The number of rotatable bonds is 8. The first-order valence-electron chi connectivity index (χ1n) is 6.47. The summed E-state index contributed by atoms with van der Waals surface area (Å²) in [5, 5.41) is 18.1. The van der Waals surface area contributed by atoms with Gasteiger partial charge in [0.05, 0.1) is 44.1 Å². The van der Waals surface area contributed by atoms with Crippen molar-refractivity contribution in [3.05, 3.63) is 11.9 Å². The lowest BCUT2D eigenvalue weighted by molar-refractivity contribution is -0.887. The summed E-state index contributed by atoms with van der Waals surface area (Å²) in [4.78, 5) is 28.7. The molecule has 9 nitrogen and oxygen atoms in total. The molecule has 0 aliphatic rings. The molecule has 0 amide bonds. The Morgan fingerprint density at radius 1 is 1.36 bits per heavy atom. The molecule has 0 unspecified atom stereocenters. The van der Waals surface area contributed by atoms with Crippen molar-refractivity contribution >= 4 is 22.7 Å². The quantitative estimate of drug-likeness (QED) is 0.429. The van der Waals surface area contributed by atoms with E-state index in [1.54, 1.807) is 21.1 Å². The van der Waals surface area contributed by atoms with Crippen LogP contribution < -0.4 is 5.73 Å². The minimum absolute atomic E-state index is 0.0947. The van der Waals surface area contributed by atoms with E-state index in [-0.39, 0.29) is 21.8 Å². The summed E-state index contributed by atoms with van der Waals surface area (Å²) < 4.78 is 12.2. The minimum Gasteiger partial charge on any atom is -0.480 e. The molecular formula is C12H21N4O5S+. The van der Waals surface area contributed by atoms with Gasteiger partial charge in [0.25, 0.3) is 0 Å². The van der Waals surface area contributed by atoms with Crippen molar-refractivity contribution in [2.75, 3.05) is 26.9 Å². The van der Waals surface area contributed by atoms with Crippen LogP contribution in [0.1, 0.15) is 5.69 Å². The summed E-state index contributed by atoms with van der Waals surface area (Å²) in [7, 11) is 3.61. The molecule has 10 heteroatoms. The number of quaternary nitrogens is 1. The molecule has 0 bridgehead atoms. The third kappa shape index (κ3) is 4.90. The van der Waals surface area contributed by atoms with Crippen LogP contribution in [0.4, 0.5) is 0 Å². The van der Waals surface area contributed by atoms with Crippen LogP contribution in [0.25, 0.3) is 0 Å². The monoisotopic (exact) mass is 333 g/mol. The molecule has 22 heavy (non-hydrogen) atoms. The molecule has 3 atom stereocenters. The molecule has 1 rings (SSSR count). The van der Waals surface area contributed by atoms with E-state index in [2.05, 4.69) is 9.97 Å². The van der Waals surface area contributed by atoms with E-state index < -0.39 is 34.8 Å². The number of carboxylic acid groups (broad SMARTS) is 2. The molecular weight excluding hydrogens is 312 g/mol. The summed E-state index contributed by atoms with van der Waals surface area (Å²) in [6, 6.07) is -1.93. The summed E-state index contributed by atoms with van der Waals surface area (Å²) in [6.07, 6.45) is 1.60. The van der Waals surface area contributed by atoms with Crippen LogP contribution >= 0.6 is 0 Å². The molecule has 1 aromatic heterocycles. The maximum Gasteiger partial charge on any atom is 0.362 e. The Morgan fingerprint density at radius 3 is 2.41 bits per heavy atom. The van der Waals surface area contributed by atoms with Gasteiger partial charge >= 0.3 is 11.9 Å². The number of nitrogens with one attached hydrogen (secondary N) is 1. The standard InChI is InChI=1S/C12H20N4O5S/c1-16(2,3)9(11(19)20)4-7-5-14-12(15-7)22(21)6-8(13)10(17)18/h5,8-9H,4,6,13H2,1-3H3,(H2-,14,15,17,18,19,20)/p+1/t8-,9-,22+/m0/s1. The summed E-state index contributed by atoms with van der Waals surface area (Å²) in [6.45, 7) is 0. The normalized spacial score (nSPS) is 16.0. The Balaban J connectivity index is 2.81. The number of H-pyrrole nitrogens is 1. The number of carbonyl (C=O) groups is 2. The first-order valence-corrected chi connectivity index (χ1v) is 7.78. The number of aromatic amines is 1. The zero-order valence-corrected chi connectivity index (χ0v) is 13.5. The molecule has 124 valence electrons. The third-order valence-corrected chi connectivity index (χ3v) is 4.40. The lowest BCUT2D eigenvalue weighted by Gasteiger charge is -2.30. The number of likely N-dealkylation sites (N-methyl/N-ethyl adjacent to an activating group) is 1. The lowest BCUT2D eigenvalue weighted by atomic mass is 10.1. The van der Waals surface area contributed by atoms with Gasteiger partial charge in [-0.1, -0.05) is 0 Å². The SMILES string of the molecule is C[N+](C)(C)[C@@H](Cc1cnc([S@](=O)C[C@H](N)C(=O)O)[nH]1)C(=O)O. The fourth-order valence-electron chi connectivity index (χ4n) is 1.77. The van der Waals surface area contributed by atoms with E-state index >= 15 is 0 Å². The van der Waals surface area contributed by atoms with Gasteiger partial charge in [-0.3, -0.25) is 9.00 Å². The second-order valence-corrected chi connectivity index (χ2v) is 7.26. The van der Waals surface area contributed by atoms with Gasteiger partial charge in [-0.25, -0.2) is 9.78 Å². The van der Waals surface area contributed by atoms with Crippen molar-refractivity contribution in [1.82, 2.24) is 9.97 Å². The average molecular weight is 333 g/mol. The van der Waals surface area contributed by atoms with E-state index in [1.165, 1.54) is 6.20 Å². The Kier molecular flexibility index (Phi) is 5.80. The van der Waals surface area contributed by atoms with Crippen LogP contribution in [-0.4, -0.2) is 79.8 Å². The molecule has 0 aliphatic carbocycles. The van der Waals surface area contributed by atoms with Gasteiger partial charge in [0, 0.05) is 11.9 Å². The second kappa shape index (κ2) is 6.99. The highest BCUT2D eigenvalue weighted by atomic mass is 32.2. The number of hydrogen-bond donors (Lipinski definition) is 4. The maximum absolute atomic E-state index is 11.9. The summed E-state index contributed by atoms with van der Waals surface area (Å²) >= 11 is 0. The number of hydrogen-bond acceptors (Lipinski definition) is 5. The van der Waals surface area contributed by atoms with Crippen molar-refractivity contribution in [3.63, 3.8) is 0 Å². The predicted molar refractivity (Wildman–Crippen MR) is 78.6 cm³/mol. The van der Waals surface area contributed by atoms with Crippen molar-refractivity contribution in [2.24, 2.45) is 5.73 Å². The first kappa shape index (κ1) is 18.3. The molecule has 0 fully saturated rings. The van der Waals surface area contributed by atoms with E-state index in [0.29, 0.717) is 5.69 Å². The van der Waals surface area contributed by atoms with Crippen molar-refractivity contribution in [2.45, 2.75) is 23.7 Å². The highest BCUT2D eigenvalue weighted by Crippen LogP contribution is 2.12. The lowest BCUT2D eigenvalue weighted by Crippen LogP contribution is -2.51. The molecule has 0 saturated heterocycles. The largest absolute Gasteiger partial charge is 0.480 e. The van der Waals surface area contributed by atoms with Gasteiger partial charge in [0.2, 0.25) is 0 Å². The Labute approximate surface area is 130 Å². The topological polar surface area (TPSA) is 146 Å². The van der Waals surface area contributed by atoms with Crippen molar-refractivity contribution in [1.29, 1.82) is 0 Å². The molecule has 0 aliphatic heterocycles. The molecule has 0 radical (unpaired) electrons. The van der Waals surface area contributed by atoms with Crippen LogP contribution in [0.15, 0.2) is 11.4 Å². The molecule has 0 aromatic carbocycles. The van der Waals surface area contributed by atoms with Gasteiger partial charge in [-0.05, 0) is 0 Å². The van der Waals surface area contributed by atoms with Crippen molar-refractivity contribution < 1.29 is 28.5 Å². The Bertz CT molecular complexity index is 580. The molecule has 1 aromatic rings. The molecule has 0 spiro atoms. The average Bonchev–Trinajstić information content (AvgIpc) is 2.82. The van der Waals surface area contributed by atoms with Gasteiger partial charge in [0.15, 0.2) is 11.2 Å². The van der Waals surface area contributed by atoms with Gasteiger partial charge < -0.3 is 25.4 Å². The van der Waals surface area contributed by atoms with Gasteiger partial charge in [-0.2, -0.15) is 0 Å². The summed E-state index contributed by atoms with van der Waals surface area (Å²) in [5.74, 6) is -2.45. The van der Waals surface area contributed by atoms with Crippen molar-refractivity contribution in [3.8, 4) is 0 Å². The minimum atomic E-state index is -1.68. The van der Waals surface area contributed by atoms with Crippen LogP contribution in [0.3, 0.4) is 0 Å². The zero-order valence-electron chi connectivity index (χ0n) is 12.6. The molecule has 0 saturated carbocycles. The van der Waals surface area contributed by atoms with E-state index in [1.807, 2.05) is 0 Å². The van der Waals surface area contributed by atoms with Crippen LogP contribution in [-0.2, 0) is 26.8 Å². The van der Waals surface area contributed by atoms with Crippen LogP contribution in [0, 0.1) is 0 Å². The highest BCUT2D eigenvalue weighted by Gasteiger charge is 2.32. The number of aliphatic carboxylic acids is 2. The highest BCUT2D eigenvalue weighted by molar-refractivity contribution is 7.84. The second-order valence-electron chi connectivity index (χ2n) is 5.84. The number of carboxylic acids is 2. The smallest absolute Gasteiger partial charge is 0.362 e. The van der Waals surface area contributed by atoms with Crippen LogP contribution in [0.5, 0.6) is 0 Å².